The number of nitrogens with one attached hydrogen (secondary N) is 3. The Morgan fingerprint density at radius 2 is 0.804 bits per heavy atom. The number of rotatable bonds is 8. The molecule has 18 heterocycles. The van der Waals surface area contributed by atoms with Crippen LogP contribution in [0.3, 0.4) is 0 Å². The molecule has 0 bridgehead atoms. The third kappa shape index (κ3) is 20.7. The predicted octanol–water partition coefficient (Wildman–Crippen LogP) is 24.0. The number of anilines is 5. The first-order valence-electron chi connectivity index (χ1n) is 52.3. The number of fused-ring (bicyclic) bond motifs is 13. The molecular weight excluding hydrogens is 1810 g/mol. The molecule has 13 saturated heterocycles. The van der Waals surface area contributed by atoms with Gasteiger partial charge >= 0.3 is 0 Å². The summed E-state index contributed by atoms with van der Waals surface area (Å²) in [7, 11) is 11.3. The molecule has 13 aliphatic heterocycles. The summed E-state index contributed by atoms with van der Waals surface area (Å²) in [5, 5.41) is 23.0. The van der Waals surface area contributed by atoms with Crippen LogP contribution in [0.15, 0.2) is 215 Å². The SMILES string of the molecule is CN1CC2C=C(c3cc4ccccc4s3)CC2C1.CN1CC2CC(c3cc4ccccc4o3)CC2C1.CN1CC2CC(c3cc4ccccc4s3)CC2C1.CN1CC2CCN(c3ccc4sccc4c3)C2C1.Cc1cccc(N2CC3CN(C)CC3C2)c1C.Cc1cccc(N2CC3CNCC3C2)c1C.Clc1ccc(N2CC3CNCC3C2)cc1Cl.c1cc2cc(N3CCC4CNCC43)ccc2s1. The fraction of sp³-hybridized carbons (Fsp3) is 0.492. The lowest BCUT2D eigenvalue weighted by molar-refractivity contribution is 0.362. The lowest BCUT2D eigenvalue weighted by Crippen LogP contribution is -2.34. The topological polar surface area (TPSA) is 81.6 Å². The summed E-state index contributed by atoms with van der Waals surface area (Å²) < 4.78 is 11.7. The molecule has 13 aromatic rings. The van der Waals surface area contributed by atoms with Gasteiger partial charge in [-0.25, -0.2) is 0 Å². The van der Waals surface area contributed by atoms with Crippen molar-refractivity contribution in [2.24, 2.45) is 82.9 Å². The second-order valence-electron chi connectivity index (χ2n) is 44.5. The largest absolute Gasteiger partial charge is 0.461 e. The maximum absolute atomic E-state index is 6.04. The Morgan fingerprint density at radius 1 is 0.341 bits per heavy atom. The van der Waals surface area contributed by atoms with Gasteiger partial charge in [-0.1, -0.05) is 108 Å². The minimum absolute atomic E-state index is 0.631. The number of hydrogen-bond donors (Lipinski definition) is 3. The van der Waals surface area contributed by atoms with E-state index in [0.717, 1.165) is 139 Å². The smallest absolute Gasteiger partial charge is 0.134 e. The zero-order valence-electron chi connectivity index (χ0n) is 82.8. The van der Waals surface area contributed by atoms with Crippen molar-refractivity contribution in [2.45, 2.75) is 96.6 Å². The van der Waals surface area contributed by atoms with Crippen molar-refractivity contribution in [3.8, 4) is 0 Å². The van der Waals surface area contributed by atoms with Gasteiger partial charge in [0.05, 0.1) is 10.0 Å². The van der Waals surface area contributed by atoms with Crippen molar-refractivity contribution < 1.29 is 4.42 Å². The molecule has 16 unspecified atom stereocenters. The minimum atomic E-state index is 0.631. The molecule has 726 valence electrons. The number of aryl methyl sites for hydroxylation is 2. The second kappa shape index (κ2) is 41.8. The van der Waals surface area contributed by atoms with Crippen LogP contribution in [0.25, 0.3) is 56.9 Å². The van der Waals surface area contributed by atoms with Gasteiger partial charge in [0.15, 0.2) is 0 Å². The summed E-state index contributed by atoms with van der Waals surface area (Å²) in [6, 6.07) is 72.0. The number of likely N-dealkylation sites (tertiary alicyclic amines) is 5. The molecule has 16 aliphatic rings. The summed E-state index contributed by atoms with van der Waals surface area (Å²) >= 11 is 19.6. The third-order valence-corrected chi connectivity index (χ3v) is 40.1. The van der Waals surface area contributed by atoms with Crippen LogP contribution in [0.1, 0.15) is 94.5 Å². The van der Waals surface area contributed by atoms with Gasteiger partial charge in [-0.05, 0) is 372 Å². The fourth-order valence-electron chi connectivity index (χ4n) is 27.7. The van der Waals surface area contributed by atoms with E-state index in [9.17, 15) is 0 Å². The van der Waals surface area contributed by atoms with E-state index in [2.05, 4.69) is 321 Å². The molecule has 29 rings (SSSR count). The first-order valence-corrected chi connectivity index (χ1v) is 56.4. The van der Waals surface area contributed by atoms with Crippen LogP contribution < -0.4 is 40.4 Å². The van der Waals surface area contributed by atoms with E-state index >= 15 is 0 Å². The monoisotopic (exact) mass is 1960 g/mol. The molecule has 2 saturated carbocycles. The highest BCUT2D eigenvalue weighted by atomic mass is 35.5. The van der Waals surface area contributed by atoms with E-state index < -0.39 is 0 Å². The summed E-state index contributed by atoms with van der Waals surface area (Å²) in [6.07, 6.45) is 12.0. The molecule has 14 nitrogen and oxygen atoms in total. The Bertz CT molecular complexity index is 6150. The lowest BCUT2D eigenvalue weighted by atomic mass is 10.00. The van der Waals surface area contributed by atoms with E-state index in [0.29, 0.717) is 16.0 Å². The number of hydrogen-bond acceptors (Lipinski definition) is 18. The molecule has 8 aromatic carbocycles. The van der Waals surface area contributed by atoms with Crippen molar-refractivity contribution in [1.29, 1.82) is 0 Å². The molecule has 3 N–H and O–H groups in total. The quantitative estimate of drug-likeness (QED) is 0.135. The number of para-hydroxylation sites is 1. The van der Waals surface area contributed by atoms with E-state index in [1.54, 1.807) is 10.5 Å². The summed E-state index contributed by atoms with van der Waals surface area (Å²) in [5.74, 6) is 15.0. The summed E-state index contributed by atoms with van der Waals surface area (Å²) in [6.45, 7) is 38.5. The van der Waals surface area contributed by atoms with Crippen LogP contribution in [0.2, 0.25) is 10.0 Å². The van der Waals surface area contributed by atoms with Crippen molar-refractivity contribution in [3.63, 3.8) is 0 Å². The summed E-state index contributed by atoms with van der Waals surface area (Å²) in [5.41, 5.74) is 15.3. The number of halogens is 2. The first kappa shape index (κ1) is 95.0. The Labute approximate surface area is 847 Å². The Morgan fingerprint density at radius 3 is 1.37 bits per heavy atom. The Hall–Kier alpha value is -7.86. The average Bonchev–Trinajstić information content (AvgIpc) is 1.75. The molecule has 138 heavy (non-hydrogen) atoms. The van der Waals surface area contributed by atoms with Gasteiger partial charge in [-0.2, -0.15) is 0 Å². The summed E-state index contributed by atoms with van der Waals surface area (Å²) in [4.78, 5) is 28.4. The molecule has 0 spiro atoms. The molecule has 0 amide bonds. The van der Waals surface area contributed by atoms with E-state index in [4.69, 9.17) is 27.6 Å². The van der Waals surface area contributed by atoms with Gasteiger partial charge in [0.1, 0.15) is 11.3 Å². The van der Waals surface area contributed by atoms with Crippen LogP contribution in [-0.2, 0) is 0 Å². The molecule has 0 radical (unpaired) electrons. The van der Waals surface area contributed by atoms with Crippen molar-refractivity contribution in [3.05, 3.63) is 259 Å². The maximum atomic E-state index is 6.04. The predicted molar refractivity (Wildman–Crippen MR) is 591 cm³/mol. The first-order chi connectivity index (χ1) is 67.2. The molecule has 5 aromatic heterocycles. The normalized spacial score (nSPS) is 29.3. The Kier molecular flexibility index (Phi) is 28.8. The molecule has 20 heteroatoms. The highest BCUT2D eigenvalue weighted by molar-refractivity contribution is 7.20. The van der Waals surface area contributed by atoms with E-state index in [1.165, 1.54) is 276 Å². The maximum Gasteiger partial charge on any atom is 0.134 e. The van der Waals surface area contributed by atoms with Gasteiger partial charge in [0, 0.05) is 237 Å². The number of thiophene rings is 4. The molecule has 16 atom stereocenters. The zero-order valence-corrected chi connectivity index (χ0v) is 87.6. The minimum Gasteiger partial charge on any atom is -0.461 e. The average molecular weight is 1960 g/mol. The van der Waals surface area contributed by atoms with Crippen LogP contribution in [-0.4, -0.2) is 229 Å². The molecule has 3 aliphatic carbocycles. The molecular formula is C118H145Cl2N13OS4. The van der Waals surface area contributed by atoms with Gasteiger partial charge in [0.2, 0.25) is 0 Å². The van der Waals surface area contributed by atoms with Gasteiger partial charge in [-0.3, -0.25) is 0 Å². The standard InChI is InChI=1S/C16H19NO.C16H19NS.C16H17NS.C15H18N2S.C15H22N2.C14H16N2S.C14H20N2.C12H14Cl2N2/c3*1-17-9-13-6-12(7-14(13)10-17)16-8-11-4-2-3-5-15(11)18-16;1-16-9-12-4-6-17(14(12)10-16)13-2-3-15-11(8-13)5-7-18-15;1-11-5-4-6-15(12(11)2)17-9-13-7-16(3)8-14(13)10-17;1-2-14-10(4-6-17-14)7-12(1)16-5-3-11-8-15-9-13(11)16;1-10-4-3-5-14(11(10)2)16-8-12-6-15-7-13(12)9-16;13-11-2-1-10(3-12(11)14)16-6-8-4-15-5-9(8)7-16/h2*2-5,8,12-14H,6-7,9-10H2,1H3;2-6,8,13-14H,7,9-10H2,1H3;2-3,5,7-8,12,14H,4,6,9-10H2,1H3;4-6,13-14H,7-10H2,1-3H3;1-2,4,6-7,11,13,15H,3,5,8-9H2;3-5,12-13,15H,6-9H2,1-2H3;1-3,8-9,15H,4-7H2. The number of benzene rings is 8. The van der Waals surface area contributed by atoms with Crippen molar-refractivity contribution in [1.82, 2.24) is 40.4 Å². The van der Waals surface area contributed by atoms with E-state index in [-0.39, 0.29) is 0 Å². The number of likely N-dealkylation sites (N-methyl/N-ethyl adjacent to an activating group) is 1. The zero-order chi connectivity index (χ0) is 93.9. The third-order valence-electron chi connectivity index (χ3n) is 35.1. The van der Waals surface area contributed by atoms with Crippen molar-refractivity contribution in [2.75, 3.05) is 217 Å². The van der Waals surface area contributed by atoms with Crippen LogP contribution in [0, 0.1) is 111 Å². The fourth-order valence-corrected chi connectivity index (χ4v) is 31.8. The number of nitrogens with zero attached hydrogens (tertiary/aromatic N) is 10. The lowest BCUT2D eigenvalue weighted by Gasteiger charge is -2.26. The van der Waals surface area contributed by atoms with Gasteiger partial charge in [0.25, 0.3) is 0 Å². The van der Waals surface area contributed by atoms with Crippen molar-refractivity contribution >= 4 is 154 Å². The van der Waals surface area contributed by atoms with Crippen LogP contribution >= 0.6 is 68.5 Å². The number of allylic oxidation sites excluding steroid dienone is 1. The van der Waals surface area contributed by atoms with Crippen LogP contribution in [0.5, 0.6) is 0 Å². The van der Waals surface area contributed by atoms with Gasteiger partial charge < -0.3 is 69.4 Å². The van der Waals surface area contributed by atoms with Crippen LogP contribution in [0.4, 0.5) is 28.4 Å². The van der Waals surface area contributed by atoms with E-state index in [1.807, 2.05) is 63.5 Å². The van der Waals surface area contributed by atoms with Gasteiger partial charge in [-0.15, -0.1) is 45.3 Å². The highest BCUT2D eigenvalue weighted by Gasteiger charge is 2.46. The molecule has 15 fully saturated rings. The Balaban J connectivity index is 0.0000000911. The number of furan rings is 1. The highest BCUT2D eigenvalue weighted by Crippen LogP contribution is 2.51. The second-order valence-corrected chi connectivity index (χ2v) is 49.4.